The number of aromatic nitrogens is 3. The van der Waals surface area contributed by atoms with Crippen LogP contribution in [0.5, 0.6) is 0 Å². The molecule has 0 saturated heterocycles. The van der Waals surface area contributed by atoms with Gasteiger partial charge in [0.25, 0.3) is 0 Å². The molecule has 0 unspecified atom stereocenters. The van der Waals surface area contributed by atoms with Gasteiger partial charge in [0.2, 0.25) is 0 Å². The summed E-state index contributed by atoms with van der Waals surface area (Å²) in [6.07, 6.45) is 1.66. The van der Waals surface area contributed by atoms with Crippen molar-refractivity contribution in [2.45, 2.75) is 40.8 Å². The molecule has 0 bridgehead atoms. The molecule has 0 fully saturated rings. The van der Waals surface area contributed by atoms with Crippen LogP contribution in [0.3, 0.4) is 0 Å². The zero-order chi connectivity index (χ0) is 14.3. The first-order chi connectivity index (χ1) is 8.99. The van der Waals surface area contributed by atoms with E-state index in [4.69, 9.17) is 0 Å². The minimum Gasteiger partial charge on any atom is -0.315 e. The van der Waals surface area contributed by atoms with E-state index in [1.54, 1.807) is 6.33 Å². The fourth-order valence-corrected chi connectivity index (χ4v) is 1.89. The van der Waals surface area contributed by atoms with Crippen molar-refractivity contribution in [2.24, 2.45) is 11.8 Å². The van der Waals surface area contributed by atoms with E-state index in [2.05, 4.69) is 55.0 Å². The quantitative estimate of drug-likeness (QED) is 0.691. The fraction of sp³-hybridized carbons (Fsp3) is 0.857. The van der Waals surface area contributed by atoms with E-state index < -0.39 is 0 Å². The highest BCUT2D eigenvalue weighted by molar-refractivity contribution is 4.84. The summed E-state index contributed by atoms with van der Waals surface area (Å²) in [7, 11) is 2.13. The Balaban J connectivity index is 2.31. The van der Waals surface area contributed by atoms with Crippen molar-refractivity contribution in [3.05, 3.63) is 12.2 Å². The van der Waals surface area contributed by atoms with E-state index in [9.17, 15) is 0 Å². The minimum absolute atomic E-state index is 0.596. The third kappa shape index (κ3) is 6.68. The third-order valence-corrected chi connectivity index (χ3v) is 2.87. The van der Waals surface area contributed by atoms with Crippen molar-refractivity contribution in [1.82, 2.24) is 25.0 Å². The van der Waals surface area contributed by atoms with Crippen LogP contribution in [-0.2, 0) is 13.1 Å². The van der Waals surface area contributed by atoms with E-state index in [-0.39, 0.29) is 0 Å². The summed E-state index contributed by atoms with van der Waals surface area (Å²) in [5.74, 6) is 2.36. The molecule has 0 aliphatic heterocycles. The normalized spacial score (nSPS) is 12.0. The lowest BCUT2D eigenvalue weighted by Crippen LogP contribution is -2.31. The van der Waals surface area contributed by atoms with E-state index in [0.29, 0.717) is 11.8 Å². The van der Waals surface area contributed by atoms with Crippen molar-refractivity contribution in [2.75, 3.05) is 26.7 Å². The molecule has 0 aromatic carbocycles. The van der Waals surface area contributed by atoms with Crippen molar-refractivity contribution in [1.29, 1.82) is 0 Å². The number of hydrogen-bond acceptors (Lipinski definition) is 4. The average Bonchev–Trinajstić information content (AvgIpc) is 2.71. The van der Waals surface area contributed by atoms with E-state index >= 15 is 0 Å². The molecule has 5 heteroatoms. The highest BCUT2D eigenvalue weighted by Gasteiger charge is 2.08. The number of rotatable bonds is 9. The average molecular weight is 267 g/mol. The van der Waals surface area contributed by atoms with E-state index in [1.165, 1.54) is 0 Å². The first-order valence-corrected chi connectivity index (χ1v) is 7.25. The van der Waals surface area contributed by atoms with Gasteiger partial charge in [-0.1, -0.05) is 27.7 Å². The van der Waals surface area contributed by atoms with Gasteiger partial charge >= 0.3 is 0 Å². The van der Waals surface area contributed by atoms with Crippen LogP contribution in [0.15, 0.2) is 6.33 Å². The highest BCUT2D eigenvalue weighted by Crippen LogP contribution is 2.03. The summed E-state index contributed by atoms with van der Waals surface area (Å²) in [5.41, 5.74) is 0. The second kappa shape index (κ2) is 8.27. The second-order valence-corrected chi connectivity index (χ2v) is 6.09. The molecule has 1 N–H and O–H groups in total. The Labute approximate surface area is 117 Å². The maximum absolute atomic E-state index is 4.36. The molecule has 0 aliphatic carbocycles. The molecule has 1 aromatic rings. The zero-order valence-corrected chi connectivity index (χ0v) is 13.1. The fourth-order valence-electron chi connectivity index (χ4n) is 1.89. The van der Waals surface area contributed by atoms with Gasteiger partial charge in [0.05, 0.1) is 6.54 Å². The van der Waals surface area contributed by atoms with E-state index in [0.717, 1.165) is 38.5 Å². The summed E-state index contributed by atoms with van der Waals surface area (Å²) in [6, 6.07) is 0. The van der Waals surface area contributed by atoms with Crippen molar-refractivity contribution in [3.63, 3.8) is 0 Å². The standard InChI is InChI=1S/C14H29N5/c1-12(2)8-15-6-7-18(5)10-14-16-11-17-19(14)9-13(3)4/h11-13,15H,6-10H2,1-5H3. The van der Waals surface area contributed by atoms with Gasteiger partial charge in [-0.2, -0.15) is 5.10 Å². The molecule has 0 atom stereocenters. The van der Waals surface area contributed by atoms with Gasteiger partial charge in [-0.3, -0.25) is 4.90 Å². The largest absolute Gasteiger partial charge is 0.315 e. The summed E-state index contributed by atoms with van der Waals surface area (Å²) in [4.78, 5) is 6.64. The molecule has 0 saturated carbocycles. The van der Waals surface area contributed by atoms with Crippen LogP contribution in [0, 0.1) is 11.8 Å². The van der Waals surface area contributed by atoms with Crippen molar-refractivity contribution < 1.29 is 0 Å². The molecule has 1 aromatic heterocycles. The minimum atomic E-state index is 0.596. The molecular formula is C14H29N5. The van der Waals surface area contributed by atoms with Gasteiger partial charge in [-0.15, -0.1) is 0 Å². The molecule has 0 spiro atoms. The number of nitrogens with zero attached hydrogens (tertiary/aromatic N) is 4. The van der Waals surface area contributed by atoms with Gasteiger partial charge in [-0.05, 0) is 25.4 Å². The molecule has 19 heavy (non-hydrogen) atoms. The maximum Gasteiger partial charge on any atom is 0.141 e. The second-order valence-electron chi connectivity index (χ2n) is 6.09. The monoisotopic (exact) mass is 267 g/mol. The Morgan fingerprint density at radius 1 is 1.26 bits per heavy atom. The molecule has 0 radical (unpaired) electrons. The third-order valence-electron chi connectivity index (χ3n) is 2.87. The molecule has 1 rings (SSSR count). The maximum atomic E-state index is 4.36. The Bertz CT molecular complexity index is 345. The smallest absolute Gasteiger partial charge is 0.141 e. The summed E-state index contributed by atoms with van der Waals surface area (Å²) in [6.45, 7) is 13.8. The van der Waals surface area contributed by atoms with Crippen molar-refractivity contribution in [3.8, 4) is 0 Å². The lowest BCUT2D eigenvalue weighted by atomic mass is 10.2. The predicted molar refractivity (Wildman–Crippen MR) is 78.9 cm³/mol. The van der Waals surface area contributed by atoms with Gasteiger partial charge in [0.1, 0.15) is 12.2 Å². The predicted octanol–water partition coefficient (Wildman–Crippen LogP) is 1.61. The zero-order valence-electron chi connectivity index (χ0n) is 13.1. The van der Waals surface area contributed by atoms with Crippen LogP contribution in [-0.4, -0.2) is 46.3 Å². The molecule has 5 nitrogen and oxygen atoms in total. The molecule has 0 amide bonds. The summed E-state index contributed by atoms with van der Waals surface area (Å²) >= 11 is 0. The van der Waals surface area contributed by atoms with Gasteiger partial charge in [0.15, 0.2) is 0 Å². The van der Waals surface area contributed by atoms with Gasteiger partial charge in [-0.25, -0.2) is 9.67 Å². The SMILES string of the molecule is CC(C)CNCCN(C)Cc1ncnn1CC(C)C. The van der Waals surface area contributed by atoms with Gasteiger partial charge < -0.3 is 5.32 Å². The number of likely N-dealkylation sites (N-methyl/N-ethyl adjacent to an activating group) is 1. The van der Waals surface area contributed by atoms with Crippen LogP contribution >= 0.6 is 0 Å². The lowest BCUT2D eigenvalue weighted by Gasteiger charge is -2.18. The summed E-state index contributed by atoms with van der Waals surface area (Å²) < 4.78 is 2.02. The van der Waals surface area contributed by atoms with Crippen molar-refractivity contribution >= 4 is 0 Å². The molecule has 1 heterocycles. The topological polar surface area (TPSA) is 46.0 Å². The van der Waals surface area contributed by atoms with Crippen LogP contribution in [0.4, 0.5) is 0 Å². The summed E-state index contributed by atoms with van der Waals surface area (Å²) in [5, 5.41) is 7.75. The molecular weight excluding hydrogens is 238 g/mol. The first kappa shape index (κ1) is 16.1. The lowest BCUT2D eigenvalue weighted by molar-refractivity contribution is 0.302. The number of nitrogens with one attached hydrogen (secondary N) is 1. The molecule has 110 valence electrons. The highest BCUT2D eigenvalue weighted by atomic mass is 15.3. The Kier molecular flexibility index (Phi) is 7.02. The Hall–Kier alpha value is -0.940. The van der Waals surface area contributed by atoms with Crippen LogP contribution in [0.1, 0.15) is 33.5 Å². The van der Waals surface area contributed by atoms with Gasteiger partial charge in [0, 0.05) is 19.6 Å². The molecule has 0 aliphatic rings. The van der Waals surface area contributed by atoms with Crippen LogP contribution < -0.4 is 5.32 Å². The van der Waals surface area contributed by atoms with Crippen LogP contribution in [0.25, 0.3) is 0 Å². The van der Waals surface area contributed by atoms with E-state index in [1.807, 2.05) is 4.68 Å². The Morgan fingerprint density at radius 2 is 2.00 bits per heavy atom. The van der Waals surface area contributed by atoms with Crippen LogP contribution in [0.2, 0.25) is 0 Å². The Morgan fingerprint density at radius 3 is 2.63 bits per heavy atom. The number of hydrogen-bond donors (Lipinski definition) is 1. The first-order valence-electron chi connectivity index (χ1n) is 7.25.